The van der Waals surface area contributed by atoms with Gasteiger partial charge in [-0.1, -0.05) is 17.7 Å². The monoisotopic (exact) mass is 485 g/mol. The first-order valence-electron chi connectivity index (χ1n) is 11.3. The quantitative estimate of drug-likeness (QED) is 0.508. The van der Waals surface area contributed by atoms with Crippen LogP contribution in [0.1, 0.15) is 34.3 Å². The molecule has 0 aromatic heterocycles. The number of piperidine rings is 1. The maximum absolute atomic E-state index is 14.5. The third-order valence-corrected chi connectivity index (χ3v) is 7.20. The Labute approximate surface area is 201 Å². The van der Waals surface area contributed by atoms with Crippen molar-refractivity contribution in [2.45, 2.75) is 32.0 Å². The zero-order valence-electron chi connectivity index (χ0n) is 18.5. The number of amides is 3. The number of anilines is 2. The van der Waals surface area contributed by atoms with Crippen LogP contribution in [0.5, 0.6) is 0 Å². The Bertz CT molecular complexity index is 1160. The van der Waals surface area contributed by atoms with Crippen molar-refractivity contribution in [3.05, 3.63) is 57.9 Å². The van der Waals surface area contributed by atoms with Crippen LogP contribution < -0.4 is 16.0 Å². The fraction of sp³-hybridized carbons (Fsp3) is 0.375. The van der Waals surface area contributed by atoms with Gasteiger partial charge in [-0.2, -0.15) is 0 Å². The van der Waals surface area contributed by atoms with Gasteiger partial charge in [0.05, 0.1) is 0 Å². The number of hydrogen-bond acceptors (Lipinski definition) is 6. The van der Waals surface area contributed by atoms with Crippen LogP contribution in [0.4, 0.5) is 15.8 Å². The Hall–Kier alpha value is -3.17. The number of nitrogens with two attached hydrogens (primary N) is 1. The average molecular weight is 486 g/mol. The Morgan fingerprint density at radius 1 is 1.12 bits per heavy atom. The molecule has 178 valence electrons. The molecule has 0 spiro atoms. The van der Waals surface area contributed by atoms with Crippen molar-refractivity contribution in [1.29, 1.82) is 0 Å². The predicted octanol–water partition coefficient (Wildman–Crippen LogP) is 2.14. The molecule has 0 bridgehead atoms. The number of fused-ring (bicyclic) bond motifs is 1. The molecule has 1 atom stereocenters. The average Bonchev–Trinajstić information content (AvgIpc) is 3.12. The van der Waals surface area contributed by atoms with Gasteiger partial charge >= 0.3 is 0 Å². The SMILES string of the molecule is Nc1cccc(Cl)c1CN1CCN(c2cc(F)cc3c2CN(C2CCC(=O)NC2=O)C3=O)CC1. The van der Waals surface area contributed by atoms with Gasteiger partial charge < -0.3 is 15.5 Å². The highest BCUT2D eigenvalue weighted by atomic mass is 35.5. The number of halogens is 2. The van der Waals surface area contributed by atoms with Crippen LogP contribution in [0.3, 0.4) is 0 Å². The molecule has 3 heterocycles. The molecular formula is C24H25ClFN5O3. The fourth-order valence-electron chi connectivity index (χ4n) is 5.00. The van der Waals surface area contributed by atoms with E-state index in [2.05, 4.69) is 15.1 Å². The minimum absolute atomic E-state index is 0.176. The molecule has 3 aliphatic heterocycles. The van der Waals surface area contributed by atoms with E-state index < -0.39 is 17.8 Å². The number of nitrogens with zero attached hydrogens (tertiary/aromatic N) is 3. The topological polar surface area (TPSA) is 99.0 Å². The van der Waals surface area contributed by atoms with Gasteiger partial charge in [0, 0.05) is 78.8 Å². The molecule has 2 aromatic carbocycles. The normalized spacial score (nSPS) is 21.1. The molecule has 2 saturated heterocycles. The summed E-state index contributed by atoms with van der Waals surface area (Å²) in [6.07, 6.45) is 0.446. The lowest BCUT2D eigenvalue weighted by Gasteiger charge is -2.37. The number of nitrogen functional groups attached to an aromatic ring is 1. The Morgan fingerprint density at radius 3 is 2.59 bits per heavy atom. The summed E-state index contributed by atoms with van der Waals surface area (Å²) >= 11 is 6.32. The first kappa shape index (κ1) is 22.6. The zero-order valence-corrected chi connectivity index (χ0v) is 19.3. The van der Waals surface area contributed by atoms with E-state index in [-0.39, 0.29) is 36.8 Å². The second-order valence-electron chi connectivity index (χ2n) is 8.92. The molecule has 3 aliphatic rings. The minimum atomic E-state index is -0.730. The molecule has 34 heavy (non-hydrogen) atoms. The summed E-state index contributed by atoms with van der Waals surface area (Å²) in [5, 5.41) is 2.93. The van der Waals surface area contributed by atoms with E-state index in [1.807, 2.05) is 18.2 Å². The highest BCUT2D eigenvalue weighted by Gasteiger charge is 2.41. The van der Waals surface area contributed by atoms with Crippen molar-refractivity contribution in [2.75, 3.05) is 36.8 Å². The lowest BCUT2D eigenvalue weighted by Crippen LogP contribution is -2.52. The molecule has 3 N–H and O–H groups in total. The van der Waals surface area contributed by atoms with Gasteiger partial charge in [-0.05, 0) is 30.7 Å². The number of benzene rings is 2. The Kier molecular flexibility index (Phi) is 5.91. The second kappa shape index (κ2) is 8.88. The van der Waals surface area contributed by atoms with Crippen molar-refractivity contribution in [2.24, 2.45) is 0 Å². The lowest BCUT2D eigenvalue weighted by molar-refractivity contribution is -0.136. The van der Waals surface area contributed by atoms with Gasteiger partial charge in [-0.15, -0.1) is 0 Å². The molecule has 2 aromatic rings. The molecule has 10 heteroatoms. The van der Waals surface area contributed by atoms with Crippen molar-refractivity contribution >= 4 is 40.7 Å². The van der Waals surface area contributed by atoms with E-state index >= 15 is 0 Å². The molecule has 0 saturated carbocycles. The van der Waals surface area contributed by atoms with Crippen LogP contribution >= 0.6 is 11.6 Å². The summed E-state index contributed by atoms with van der Waals surface area (Å²) in [6.45, 7) is 3.58. The van der Waals surface area contributed by atoms with Gasteiger partial charge in [0.2, 0.25) is 11.8 Å². The van der Waals surface area contributed by atoms with Crippen molar-refractivity contribution < 1.29 is 18.8 Å². The number of carbonyl (C=O) groups is 3. The van der Waals surface area contributed by atoms with E-state index in [1.54, 1.807) is 0 Å². The Balaban J connectivity index is 1.32. The Morgan fingerprint density at radius 2 is 1.88 bits per heavy atom. The highest BCUT2D eigenvalue weighted by Crippen LogP contribution is 2.36. The second-order valence-corrected chi connectivity index (χ2v) is 9.33. The first-order valence-corrected chi connectivity index (χ1v) is 11.7. The van der Waals surface area contributed by atoms with Gasteiger partial charge in [0.25, 0.3) is 5.91 Å². The fourth-order valence-corrected chi connectivity index (χ4v) is 5.24. The number of hydrogen-bond donors (Lipinski definition) is 2. The number of imide groups is 1. The van der Waals surface area contributed by atoms with E-state index in [0.717, 1.165) is 24.2 Å². The zero-order chi connectivity index (χ0) is 24.0. The van der Waals surface area contributed by atoms with Crippen molar-refractivity contribution in [3.8, 4) is 0 Å². The molecular weight excluding hydrogens is 461 g/mol. The first-order chi connectivity index (χ1) is 16.3. The maximum Gasteiger partial charge on any atom is 0.255 e. The van der Waals surface area contributed by atoms with Gasteiger partial charge in [-0.3, -0.25) is 24.6 Å². The number of rotatable bonds is 4. The van der Waals surface area contributed by atoms with Gasteiger partial charge in [0.15, 0.2) is 0 Å². The number of carbonyl (C=O) groups excluding carboxylic acids is 3. The third-order valence-electron chi connectivity index (χ3n) is 6.85. The summed E-state index contributed by atoms with van der Waals surface area (Å²) in [5.41, 5.74) is 9.33. The third kappa shape index (κ3) is 4.10. The van der Waals surface area contributed by atoms with Crippen LogP contribution in [-0.4, -0.2) is 59.7 Å². The van der Waals surface area contributed by atoms with E-state index in [4.69, 9.17) is 17.3 Å². The summed E-state index contributed by atoms with van der Waals surface area (Å²) in [5.74, 6) is -1.68. The lowest BCUT2D eigenvalue weighted by atomic mass is 10.0. The standard InChI is InChI=1S/C24H25ClFN5O3/c25-18-2-1-3-19(27)17(18)12-29-6-8-30(9-7-29)21-11-14(26)10-15-16(21)13-31(24(15)34)20-4-5-22(32)28-23(20)33/h1-3,10-11,20H,4-9,12-13,27H2,(H,28,32,33). The van der Waals surface area contributed by atoms with Crippen LogP contribution in [-0.2, 0) is 22.7 Å². The van der Waals surface area contributed by atoms with Crippen molar-refractivity contribution in [1.82, 2.24) is 15.1 Å². The molecule has 3 amide bonds. The van der Waals surface area contributed by atoms with Crippen LogP contribution in [0.15, 0.2) is 30.3 Å². The molecule has 8 nitrogen and oxygen atoms in total. The van der Waals surface area contributed by atoms with E-state index in [9.17, 15) is 18.8 Å². The summed E-state index contributed by atoms with van der Waals surface area (Å²) in [6, 6.07) is 7.45. The molecule has 0 radical (unpaired) electrons. The molecule has 0 aliphatic carbocycles. The summed E-state index contributed by atoms with van der Waals surface area (Å²) in [4.78, 5) is 42.7. The predicted molar refractivity (Wildman–Crippen MR) is 126 cm³/mol. The van der Waals surface area contributed by atoms with Crippen molar-refractivity contribution in [3.63, 3.8) is 0 Å². The molecule has 1 unspecified atom stereocenters. The van der Waals surface area contributed by atoms with Crippen LogP contribution in [0.25, 0.3) is 0 Å². The van der Waals surface area contributed by atoms with E-state index in [1.165, 1.54) is 17.0 Å². The highest BCUT2D eigenvalue weighted by molar-refractivity contribution is 6.31. The smallest absolute Gasteiger partial charge is 0.255 e. The van der Waals surface area contributed by atoms with E-state index in [0.29, 0.717) is 36.0 Å². The molecule has 5 rings (SSSR count). The van der Waals surface area contributed by atoms with Gasteiger partial charge in [0.1, 0.15) is 11.9 Å². The largest absolute Gasteiger partial charge is 0.398 e. The summed E-state index contributed by atoms with van der Waals surface area (Å²) in [7, 11) is 0. The van der Waals surface area contributed by atoms with Crippen LogP contribution in [0, 0.1) is 5.82 Å². The van der Waals surface area contributed by atoms with Crippen LogP contribution in [0.2, 0.25) is 5.02 Å². The molecule has 2 fully saturated rings. The number of piperazine rings is 1. The van der Waals surface area contributed by atoms with Gasteiger partial charge in [-0.25, -0.2) is 4.39 Å². The minimum Gasteiger partial charge on any atom is -0.398 e. The number of nitrogens with one attached hydrogen (secondary N) is 1. The maximum atomic E-state index is 14.5. The summed E-state index contributed by atoms with van der Waals surface area (Å²) < 4.78 is 14.5.